The largest absolute Gasteiger partial charge is 0.393 e. The van der Waals surface area contributed by atoms with E-state index in [4.69, 9.17) is 11.6 Å². The minimum atomic E-state index is -0.309. The Morgan fingerprint density at radius 3 is 2.89 bits per heavy atom. The third kappa shape index (κ3) is 2.82. The number of aliphatic hydroxyl groups excluding tert-OH is 1. The highest BCUT2D eigenvalue weighted by Crippen LogP contribution is 2.20. The number of pyridine rings is 1. The van der Waals surface area contributed by atoms with Gasteiger partial charge < -0.3 is 10.0 Å². The number of hydrogen-bond acceptors (Lipinski definition) is 3. The van der Waals surface area contributed by atoms with Crippen LogP contribution in [0, 0.1) is 12.8 Å². The zero-order valence-corrected chi connectivity index (χ0v) is 11.3. The molecule has 1 fully saturated rings. The van der Waals surface area contributed by atoms with E-state index in [0.29, 0.717) is 30.2 Å². The first-order chi connectivity index (χ1) is 8.47. The van der Waals surface area contributed by atoms with Gasteiger partial charge in [0.2, 0.25) is 0 Å². The van der Waals surface area contributed by atoms with Gasteiger partial charge in [0, 0.05) is 24.3 Å². The van der Waals surface area contributed by atoms with Gasteiger partial charge in [-0.25, -0.2) is 4.98 Å². The highest BCUT2D eigenvalue weighted by molar-refractivity contribution is 6.29. The number of hydrogen-bond donors (Lipinski definition) is 1. The van der Waals surface area contributed by atoms with Gasteiger partial charge in [0.25, 0.3) is 5.91 Å². The molecule has 0 aliphatic carbocycles. The Hall–Kier alpha value is -1.13. The molecule has 18 heavy (non-hydrogen) atoms. The molecule has 1 N–H and O–H groups in total. The van der Waals surface area contributed by atoms with Crippen LogP contribution >= 0.6 is 11.6 Å². The van der Waals surface area contributed by atoms with E-state index in [9.17, 15) is 9.90 Å². The first-order valence-corrected chi connectivity index (χ1v) is 6.46. The summed E-state index contributed by atoms with van der Waals surface area (Å²) in [5, 5.41) is 10.0. The standard InChI is InChI=1S/C13H17ClN2O2/c1-8-7-16(4-3-11(8)17)13(18)10-5-9(2)15-12(14)6-10/h5-6,8,11,17H,3-4,7H2,1-2H3. The molecule has 4 nitrogen and oxygen atoms in total. The summed E-state index contributed by atoms with van der Waals surface area (Å²) >= 11 is 5.86. The molecule has 2 atom stereocenters. The first kappa shape index (κ1) is 13.3. The third-order valence-electron chi connectivity index (χ3n) is 3.32. The average Bonchev–Trinajstić information content (AvgIpc) is 2.30. The number of aryl methyl sites for hydroxylation is 1. The Kier molecular flexibility index (Phi) is 3.88. The Morgan fingerprint density at radius 1 is 1.56 bits per heavy atom. The van der Waals surface area contributed by atoms with Gasteiger partial charge in [-0.05, 0) is 31.4 Å². The smallest absolute Gasteiger partial charge is 0.254 e. The fraction of sp³-hybridized carbons (Fsp3) is 0.538. The average molecular weight is 269 g/mol. The maximum Gasteiger partial charge on any atom is 0.254 e. The summed E-state index contributed by atoms with van der Waals surface area (Å²) in [6.07, 6.45) is 0.321. The van der Waals surface area contributed by atoms with Crippen LogP contribution in [0.4, 0.5) is 0 Å². The maximum absolute atomic E-state index is 12.3. The quantitative estimate of drug-likeness (QED) is 0.792. The Morgan fingerprint density at radius 2 is 2.28 bits per heavy atom. The Bertz CT molecular complexity index is 444. The van der Waals surface area contributed by atoms with Crippen LogP contribution in [0.1, 0.15) is 29.4 Å². The van der Waals surface area contributed by atoms with Crippen molar-refractivity contribution in [2.24, 2.45) is 5.92 Å². The fourth-order valence-electron chi connectivity index (χ4n) is 2.25. The molecule has 1 aliphatic heterocycles. The van der Waals surface area contributed by atoms with Crippen LogP contribution in [0.2, 0.25) is 5.15 Å². The second kappa shape index (κ2) is 5.24. The lowest BCUT2D eigenvalue weighted by Crippen LogP contribution is -2.45. The summed E-state index contributed by atoms with van der Waals surface area (Å²) in [7, 11) is 0. The van der Waals surface area contributed by atoms with Crippen molar-refractivity contribution in [2.45, 2.75) is 26.4 Å². The monoisotopic (exact) mass is 268 g/mol. The van der Waals surface area contributed by atoms with Crippen molar-refractivity contribution in [1.29, 1.82) is 0 Å². The van der Waals surface area contributed by atoms with Crippen molar-refractivity contribution in [3.05, 3.63) is 28.5 Å². The molecule has 0 bridgehead atoms. The number of carbonyl (C=O) groups excluding carboxylic acids is 1. The lowest BCUT2D eigenvalue weighted by molar-refractivity contribution is 0.0297. The molecule has 0 radical (unpaired) electrons. The molecule has 1 amide bonds. The number of nitrogens with zero attached hydrogens (tertiary/aromatic N) is 2. The van der Waals surface area contributed by atoms with Crippen LogP contribution in [0.3, 0.4) is 0 Å². The van der Waals surface area contributed by atoms with Crippen LogP contribution in [0.25, 0.3) is 0 Å². The molecule has 5 heteroatoms. The summed E-state index contributed by atoms with van der Waals surface area (Å²) in [6.45, 7) is 4.93. The highest BCUT2D eigenvalue weighted by atomic mass is 35.5. The number of rotatable bonds is 1. The summed E-state index contributed by atoms with van der Waals surface area (Å²) in [6, 6.07) is 3.33. The van der Waals surface area contributed by atoms with Gasteiger partial charge in [-0.1, -0.05) is 18.5 Å². The molecule has 0 aromatic carbocycles. The third-order valence-corrected chi connectivity index (χ3v) is 3.51. The van der Waals surface area contributed by atoms with Gasteiger partial charge in [0.05, 0.1) is 6.10 Å². The van der Waals surface area contributed by atoms with Crippen LogP contribution in [0.15, 0.2) is 12.1 Å². The first-order valence-electron chi connectivity index (χ1n) is 6.09. The van der Waals surface area contributed by atoms with Gasteiger partial charge in [0.15, 0.2) is 0 Å². The van der Waals surface area contributed by atoms with E-state index in [2.05, 4.69) is 4.98 Å². The lowest BCUT2D eigenvalue weighted by Gasteiger charge is -2.34. The van der Waals surface area contributed by atoms with Crippen molar-refractivity contribution in [3.63, 3.8) is 0 Å². The van der Waals surface area contributed by atoms with E-state index in [1.807, 2.05) is 13.8 Å². The number of amides is 1. The summed E-state index contributed by atoms with van der Waals surface area (Å²) < 4.78 is 0. The topological polar surface area (TPSA) is 53.4 Å². The molecular formula is C13H17ClN2O2. The van der Waals surface area contributed by atoms with Crippen molar-refractivity contribution in [1.82, 2.24) is 9.88 Å². The molecule has 1 saturated heterocycles. The van der Waals surface area contributed by atoms with E-state index >= 15 is 0 Å². The second-order valence-corrected chi connectivity index (χ2v) is 5.29. The number of likely N-dealkylation sites (tertiary alicyclic amines) is 1. The van der Waals surface area contributed by atoms with E-state index < -0.39 is 0 Å². The van der Waals surface area contributed by atoms with Crippen molar-refractivity contribution < 1.29 is 9.90 Å². The van der Waals surface area contributed by atoms with Gasteiger partial charge in [-0.15, -0.1) is 0 Å². The van der Waals surface area contributed by atoms with E-state index in [0.717, 1.165) is 5.69 Å². The van der Waals surface area contributed by atoms with Gasteiger partial charge in [-0.2, -0.15) is 0 Å². The number of aliphatic hydroxyl groups is 1. The Labute approximate surface area is 112 Å². The SMILES string of the molecule is Cc1cc(C(=O)N2CCC(O)C(C)C2)cc(Cl)n1. The fourth-order valence-corrected chi connectivity index (χ4v) is 2.50. The molecule has 2 rings (SSSR count). The van der Waals surface area contributed by atoms with Gasteiger partial charge in [0.1, 0.15) is 5.15 Å². The van der Waals surface area contributed by atoms with E-state index in [1.165, 1.54) is 0 Å². The molecule has 0 saturated carbocycles. The molecule has 1 aromatic rings. The highest BCUT2D eigenvalue weighted by Gasteiger charge is 2.27. The summed E-state index contributed by atoms with van der Waals surface area (Å²) in [5.41, 5.74) is 1.30. The van der Waals surface area contributed by atoms with E-state index in [1.54, 1.807) is 17.0 Å². The zero-order valence-electron chi connectivity index (χ0n) is 10.6. The van der Waals surface area contributed by atoms with Gasteiger partial charge in [-0.3, -0.25) is 4.79 Å². The predicted molar refractivity (Wildman–Crippen MR) is 69.7 cm³/mol. The van der Waals surface area contributed by atoms with Crippen LogP contribution in [-0.4, -0.2) is 40.1 Å². The summed E-state index contributed by atoms with van der Waals surface area (Å²) in [5.74, 6) is 0.0715. The Balaban J connectivity index is 2.16. The van der Waals surface area contributed by atoms with Crippen molar-refractivity contribution >= 4 is 17.5 Å². The minimum absolute atomic E-state index is 0.0406. The number of aromatic nitrogens is 1. The van der Waals surface area contributed by atoms with E-state index in [-0.39, 0.29) is 17.9 Å². The maximum atomic E-state index is 12.3. The number of piperidine rings is 1. The molecular weight excluding hydrogens is 252 g/mol. The second-order valence-electron chi connectivity index (χ2n) is 4.90. The normalized spacial score (nSPS) is 24.1. The predicted octanol–water partition coefficient (Wildman–Crippen LogP) is 1.89. The number of carbonyl (C=O) groups is 1. The minimum Gasteiger partial charge on any atom is -0.393 e. The molecule has 1 aromatic heterocycles. The molecule has 2 unspecified atom stereocenters. The van der Waals surface area contributed by atoms with Crippen molar-refractivity contribution in [3.8, 4) is 0 Å². The molecule has 2 heterocycles. The summed E-state index contributed by atoms with van der Waals surface area (Å²) in [4.78, 5) is 18.1. The molecule has 98 valence electrons. The van der Waals surface area contributed by atoms with Gasteiger partial charge >= 0.3 is 0 Å². The molecule has 1 aliphatic rings. The number of halogens is 1. The zero-order chi connectivity index (χ0) is 13.3. The van der Waals surface area contributed by atoms with Crippen molar-refractivity contribution in [2.75, 3.05) is 13.1 Å². The van der Waals surface area contributed by atoms with Crippen LogP contribution < -0.4 is 0 Å². The van der Waals surface area contributed by atoms with Crippen LogP contribution in [-0.2, 0) is 0 Å². The lowest BCUT2D eigenvalue weighted by atomic mass is 9.96. The van der Waals surface area contributed by atoms with Crippen LogP contribution in [0.5, 0.6) is 0 Å². The molecule has 0 spiro atoms.